The minimum Gasteiger partial charge on any atom is -0.496 e. The van der Waals surface area contributed by atoms with Gasteiger partial charge in [0, 0.05) is 29.7 Å². The molecule has 4 heteroatoms. The highest BCUT2D eigenvalue weighted by Crippen LogP contribution is 2.33. The van der Waals surface area contributed by atoms with Gasteiger partial charge in [-0.15, -0.1) is 0 Å². The molecule has 3 N–H and O–H groups in total. The van der Waals surface area contributed by atoms with Gasteiger partial charge in [-0.05, 0) is 50.0 Å². The lowest BCUT2D eigenvalue weighted by Gasteiger charge is -2.26. The first-order valence-corrected chi connectivity index (χ1v) is 7.42. The Morgan fingerprint density at radius 2 is 2.25 bits per heavy atom. The second-order valence-corrected chi connectivity index (χ2v) is 5.49. The number of methoxy groups -OCH3 is 1. The number of hydrogen-bond donors (Lipinski definition) is 2. The van der Waals surface area contributed by atoms with Gasteiger partial charge in [0.15, 0.2) is 0 Å². The molecule has 0 fully saturated rings. The van der Waals surface area contributed by atoms with Gasteiger partial charge < -0.3 is 15.5 Å². The summed E-state index contributed by atoms with van der Waals surface area (Å²) in [6.07, 6.45) is 3.40. The summed E-state index contributed by atoms with van der Waals surface area (Å²) < 4.78 is 5.51. The van der Waals surface area contributed by atoms with Crippen molar-refractivity contribution < 1.29 is 4.74 Å². The molecule has 2 heterocycles. The van der Waals surface area contributed by atoms with E-state index in [1.54, 1.807) is 7.11 Å². The number of benzene rings is 1. The molecule has 1 aliphatic heterocycles. The maximum atomic E-state index is 5.57. The van der Waals surface area contributed by atoms with E-state index in [9.17, 15) is 0 Å². The van der Waals surface area contributed by atoms with Gasteiger partial charge in [-0.1, -0.05) is 6.07 Å². The Morgan fingerprint density at radius 3 is 3.05 bits per heavy atom. The summed E-state index contributed by atoms with van der Waals surface area (Å²) in [5.74, 6) is 0.983. The molecule has 0 bridgehead atoms. The lowest BCUT2D eigenvalue weighted by Crippen LogP contribution is -2.31. The van der Waals surface area contributed by atoms with Gasteiger partial charge in [0.05, 0.1) is 7.11 Å². The zero-order valence-electron chi connectivity index (χ0n) is 12.1. The minimum absolute atomic E-state index is 0.794. The average molecular weight is 273 g/mol. The quantitative estimate of drug-likeness (QED) is 0.822. The zero-order valence-corrected chi connectivity index (χ0v) is 12.1. The number of H-pyrrole nitrogens is 1. The summed E-state index contributed by atoms with van der Waals surface area (Å²) in [6.45, 7) is 4.08. The molecule has 20 heavy (non-hydrogen) atoms. The van der Waals surface area contributed by atoms with Crippen LogP contribution in [0.1, 0.15) is 24.1 Å². The predicted molar refractivity (Wildman–Crippen MR) is 82.1 cm³/mol. The van der Waals surface area contributed by atoms with Crippen molar-refractivity contribution in [1.82, 2.24) is 9.88 Å². The molecule has 0 aliphatic carbocycles. The van der Waals surface area contributed by atoms with E-state index < -0.39 is 0 Å². The highest BCUT2D eigenvalue weighted by Gasteiger charge is 2.21. The van der Waals surface area contributed by atoms with Crippen LogP contribution >= 0.6 is 0 Å². The van der Waals surface area contributed by atoms with Crippen LogP contribution in [0.4, 0.5) is 0 Å². The number of nitrogens with zero attached hydrogens (tertiary/aromatic N) is 1. The largest absolute Gasteiger partial charge is 0.496 e. The summed E-state index contributed by atoms with van der Waals surface area (Å²) in [7, 11) is 1.75. The number of ether oxygens (including phenoxy) is 1. The van der Waals surface area contributed by atoms with Gasteiger partial charge in [0.2, 0.25) is 0 Å². The first-order valence-electron chi connectivity index (χ1n) is 7.42. The van der Waals surface area contributed by atoms with Crippen molar-refractivity contribution in [2.24, 2.45) is 5.73 Å². The van der Waals surface area contributed by atoms with Gasteiger partial charge in [-0.25, -0.2) is 0 Å². The minimum atomic E-state index is 0.794. The molecule has 0 spiro atoms. The Kier molecular flexibility index (Phi) is 3.94. The van der Waals surface area contributed by atoms with E-state index in [0.29, 0.717) is 0 Å². The van der Waals surface area contributed by atoms with Crippen LogP contribution in [0.2, 0.25) is 0 Å². The van der Waals surface area contributed by atoms with Crippen molar-refractivity contribution >= 4 is 10.9 Å². The summed E-state index contributed by atoms with van der Waals surface area (Å²) in [6, 6.07) is 6.22. The zero-order chi connectivity index (χ0) is 13.9. The fourth-order valence-electron chi connectivity index (χ4n) is 3.16. The Bertz CT molecular complexity index is 591. The van der Waals surface area contributed by atoms with Crippen LogP contribution in [0, 0.1) is 0 Å². The maximum Gasteiger partial charge on any atom is 0.128 e. The van der Waals surface area contributed by atoms with Crippen LogP contribution in [0.25, 0.3) is 10.9 Å². The van der Waals surface area contributed by atoms with Crippen LogP contribution in [0.3, 0.4) is 0 Å². The van der Waals surface area contributed by atoms with E-state index in [2.05, 4.69) is 16.0 Å². The van der Waals surface area contributed by atoms with Crippen molar-refractivity contribution in [2.45, 2.75) is 25.8 Å². The molecule has 0 amide bonds. The Balaban J connectivity index is 1.84. The number of aromatic amines is 1. The first kappa shape index (κ1) is 13.5. The van der Waals surface area contributed by atoms with Crippen molar-refractivity contribution in [1.29, 1.82) is 0 Å². The molecule has 0 saturated carbocycles. The SMILES string of the molecule is COc1cccc2[nH]c3c(c12)CCN(CCCCN)C3. The molecule has 1 aromatic carbocycles. The van der Waals surface area contributed by atoms with E-state index in [-0.39, 0.29) is 0 Å². The molecule has 0 radical (unpaired) electrons. The number of nitrogens with two attached hydrogens (primary N) is 1. The summed E-state index contributed by atoms with van der Waals surface area (Å²) in [5.41, 5.74) is 9.55. The molecule has 108 valence electrons. The predicted octanol–water partition coefficient (Wildman–Crippen LogP) is 2.27. The molecule has 0 atom stereocenters. The number of unbranched alkanes of at least 4 members (excludes halogenated alkanes) is 1. The number of nitrogens with one attached hydrogen (secondary N) is 1. The summed E-state index contributed by atoms with van der Waals surface area (Å²) in [5, 5.41) is 1.27. The van der Waals surface area contributed by atoms with Crippen molar-refractivity contribution in [3.63, 3.8) is 0 Å². The number of aromatic nitrogens is 1. The molecule has 3 rings (SSSR count). The number of hydrogen-bond acceptors (Lipinski definition) is 3. The van der Waals surface area contributed by atoms with Gasteiger partial charge in [-0.3, -0.25) is 4.90 Å². The summed E-state index contributed by atoms with van der Waals surface area (Å²) >= 11 is 0. The number of rotatable bonds is 5. The Morgan fingerprint density at radius 1 is 1.35 bits per heavy atom. The fraction of sp³-hybridized carbons (Fsp3) is 0.500. The smallest absolute Gasteiger partial charge is 0.128 e. The topological polar surface area (TPSA) is 54.3 Å². The first-order chi connectivity index (χ1) is 9.83. The lowest BCUT2D eigenvalue weighted by atomic mass is 10.0. The highest BCUT2D eigenvalue weighted by atomic mass is 16.5. The molecule has 0 saturated heterocycles. The molecular formula is C16H23N3O. The standard InChI is InChI=1S/C16H23N3O/c1-20-15-6-4-5-13-16(15)12-7-10-19(9-3-2-8-17)11-14(12)18-13/h4-6,18H,2-3,7-11,17H2,1H3. The van der Waals surface area contributed by atoms with Crippen molar-refractivity contribution in [3.05, 3.63) is 29.5 Å². The van der Waals surface area contributed by atoms with Gasteiger partial charge >= 0.3 is 0 Å². The van der Waals surface area contributed by atoms with Crippen LogP contribution < -0.4 is 10.5 Å². The van der Waals surface area contributed by atoms with Gasteiger partial charge in [0.25, 0.3) is 0 Å². The van der Waals surface area contributed by atoms with Gasteiger partial charge in [0.1, 0.15) is 5.75 Å². The van der Waals surface area contributed by atoms with E-state index in [1.807, 2.05) is 12.1 Å². The fourth-order valence-corrected chi connectivity index (χ4v) is 3.16. The molecular weight excluding hydrogens is 250 g/mol. The normalized spacial score (nSPS) is 15.5. The second-order valence-electron chi connectivity index (χ2n) is 5.49. The molecule has 1 aromatic heterocycles. The molecule has 4 nitrogen and oxygen atoms in total. The highest BCUT2D eigenvalue weighted by molar-refractivity contribution is 5.90. The van der Waals surface area contributed by atoms with E-state index in [4.69, 9.17) is 10.5 Å². The van der Waals surface area contributed by atoms with Crippen LogP contribution in [0.15, 0.2) is 18.2 Å². The second kappa shape index (κ2) is 5.85. The molecule has 0 unspecified atom stereocenters. The maximum absolute atomic E-state index is 5.57. The third-order valence-electron chi connectivity index (χ3n) is 4.19. The van der Waals surface area contributed by atoms with Crippen molar-refractivity contribution in [3.8, 4) is 5.75 Å². The van der Waals surface area contributed by atoms with Crippen LogP contribution in [0.5, 0.6) is 5.75 Å². The third-order valence-corrected chi connectivity index (χ3v) is 4.19. The third kappa shape index (κ3) is 2.41. The monoisotopic (exact) mass is 273 g/mol. The molecule has 1 aliphatic rings. The van der Waals surface area contributed by atoms with E-state index in [1.165, 1.54) is 28.6 Å². The average Bonchev–Trinajstić information content (AvgIpc) is 2.85. The van der Waals surface area contributed by atoms with Crippen LogP contribution in [-0.2, 0) is 13.0 Å². The van der Waals surface area contributed by atoms with Crippen molar-refractivity contribution in [2.75, 3.05) is 26.7 Å². The Hall–Kier alpha value is -1.52. The summed E-state index contributed by atoms with van der Waals surface area (Å²) in [4.78, 5) is 6.08. The lowest BCUT2D eigenvalue weighted by molar-refractivity contribution is 0.247. The van der Waals surface area contributed by atoms with Gasteiger partial charge in [-0.2, -0.15) is 0 Å². The van der Waals surface area contributed by atoms with E-state index >= 15 is 0 Å². The van der Waals surface area contributed by atoms with E-state index in [0.717, 1.165) is 44.8 Å². The number of fused-ring (bicyclic) bond motifs is 3. The van der Waals surface area contributed by atoms with Crippen LogP contribution in [-0.4, -0.2) is 36.6 Å². The Labute approximate surface area is 119 Å². The molecule has 2 aromatic rings.